The molecule has 1 amide bonds. The van der Waals surface area contributed by atoms with Crippen molar-refractivity contribution in [3.63, 3.8) is 0 Å². The summed E-state index contributed by atoms with van der Waals surface area (Å²) in [6, 6.07) is 0.411. The molecule has 19 heavy (non-hydrogen) atoms. The van der Waals surface area contributed by atoms with Crippen molar-refractivity contribution in [2.45, 2.75) is 64.0 Å². The summed E-state index contributed by atoms with van der Waals surface area (Å²) < 4.78 is 0. The fourth-order valence-corrected chi connectivity index (χ4v) is 2.94. The van der Waals surface area contributed by atoms with Crippen LogP contribution < -0.4 is 0 Å². The van der Waals surface area contributed by atoms with Crippen LogP contribution in [0.3, 0.4) is 0 Å². The molecule has 0 unspecified atom stereocenters. The summed E-state index contributed by atoms with van der Waals surface area (Å²) in [6.07, 6.45) is 9.28. The van der Waals surface area contributed by atoms with Gasteiger partial charge in [-0.05, 0) is 25.7 Å². The summed E-state index contributed by atoms with van der Waals surface area (Å²) in [6.45, 7) is 0.510. The Morgan fingerprint density at radius 1 is 1.16 bits per heavy atom. The van der Waals surface area contributed by atoms with Crippen molar-refractivity contribution in [1.29, 1.82) is 0 Å². The van der Waals surface area contributed by atoms with Gasteiger partial charge < -0.3 is 4.90 Å². The molecule has 0 saturated heterocycles. The number of tetrazole rings is 1. The molecule has 0 atom stereocenters. The number of aromatic nitrogens is 4. The molecule has 6 heteroatoms. The van der Waals surface area contributed by atoms with Crippen molar-refractivity contribution in [2.24, 2.45) is 5.92 Å². The maximum absolute atomic E-state index is 12.7. The van der Waals surface area contributed by atoms with Crippen LogP contribution in [0.5, 0.6) is 0 Å². The molecule has 0 spiro atoms. The van der Waals surface area contributed by atoms with Crippen molar-refractivity contribution >= 4 is 5.91 Å². The fraction of sp³-hybridized carbons (Fsp3) is 0.846. The molecule has 2 fully saturated rings. The van der Waals surface area contributed by atoms with E-state index in [2.05, 4.69) is 20.6 Å². The summed E-state index contributed by atoms with van der Waals surface area (Å²) in [5, 5.41) is 14.0. The predicted octanol–water partition coefficient (Wildman–Crippen LogP) is 1.66. The highest BCUT2D eigenvalue weighted by Crippen LogP contribution is 2.32. The zero-order chi connectivity index (χ0) is 13.1. The number of carbonyl (C=O) groups is 1. The van der Waals surface area contributed by atoms with E-state index in [9.17, 15) is 4.79 Å². The van der Waals surface area contributed by atoms with Gasteiger partial charge in [-0.15, -0.1) is 10.2 Å². The smallest absolute Gasteiger partial charge is 0.226 e. The Labute approximate surface area is 112 Å². The number of carbonyl (C=O) groups excluding carboxylic acids is 1. The van der Waals surface area contributed by atoms with E-state index in [1.54, 1.807) is 0 Å². The second-order valence-corrected chi connectivity index (χ2v) is 5.71. The van der Waals surface area contributed by atoms with E-state index >= 15 is 0 Å². The van der Waals surface area contributed by atoms with Crippen LogP contribution in [-0.2, 0) is 11.3 Å². The first-order valence-corrected chi connectivity index (χ1v) is 7.37. The Hall–Kier alpha value is -1.46. The van der Waals surface area contributed by atoms with Crippen molar-refractivity contribution < 1.29 is 4.79 Å². The highest BCUT2D eigenvalue weighted by Gasteiger charge is 2.36. The normalized spacial score (nSPS) is 21.1. The summed E-state index contributed by atoms with van der Waals surface area (Å²) >= 11 is 0. The Morgan fingerprint density at radius 3 is 2.47 bits per heavy atom. The lowest BCUT2D eigenvalue weighted by Crippen LogP contribution is -2.37. The van der Waals surface area contributed by atoms with E-state index in [0.29, 0.717) is 24.3 Å². The molecule has 2 aliphatic carbocycles. The molecule has 0 aliphatic heterocycles. The fourth-order valence-electron chi connectivity index (χ4n) is 2.94. The van der Waals surface area contributed by atoms with Gasteiger partial charge in [0, 0.05) is 12.0 Å². The topological polar surface area (TPSA) is 74.8 Å². The Balaban J connectivity index is 1.66. The van der Waals surface area contributed by atoms with Gasteiger partial charge in [0.2, 0.25) is 5.91 Å². The Morgan fingerprint density at radius 2 is 1.89 bits per heavy atom. The van der Waals surface area contributed by atoms with Crippen LogP contribution in [0.4, 0.5) is 0 Å². The quantitative estimate of drug-likeness (QED) is 0.838. The lowest BCUT2D eigenvalue weighted by atomic mass is 9.98. The largest absolute Gasteiger partial charge is 0.332 e. The van der Waals surface area contributed by atoms with Crippen LogP contribution in [0.25, 0.3) is 0 Å². The summed E-state index contributed by atoms with van der Waals surface area (Å²) in [7, 11) is 0. The minimum Gasteiger partial charge on any atom is -0.332 e. The van der Waals surface area contributed by atoms with Crippen molar-refractivity contribution in [3.8, 4) is 0 Å². The Bertz CT molecular complexity index is 407. The monoisotopic (exact) mass is 263 g/mol. The maximum atomic E-state index is 12.7. The number of rotatable bonds is 4. The van der Waals surface area contributed by atoms with Gasteiger partial charge in [-0.2, -0.15) is 5.21 Å². The molecule has 2 aliphatic rings. The van der Waals surface area contributed by atoms with Gasteiger partial charge >= 0.3 is 0 Å². The molecule has 3 rings (SSSR count). The van der Waals surface area contributed by atoms with Crippen molar-refractivity contribution in [1.82, 2.24) is 25.5 Å². The van der Waals surface area contributed by atoms with Crippen LogP contribution in [0.2, 0.25) is 0 Å². The van der Waals surface area contributed by atoms with Gasteiger partial charge in [0.25, 0.3) is 0 Å². The molecule has 1 N–H and O–H groups in total. The molecule has 1 aromatic heterocycles. The van der Waals surface area contributed by atoms with E-state index in [4.69, 9.17) is 0 Å². The highest BCUT2D eigenvalue weighted by atomic mass is 16.2. The average Bonchev–Trinajstić information content (AvgIpc) is 3.19. The van der Waals surface area contributed by atoms with Crippen molar-refractivity contribution in [3.05, 3.63) is 5.82 Å². The third kappa shape index (κ3) is 3.11. The third-order valence-electron chi connectivity index (χ3n) is 4.18. The molecule has 2 saturated carbocycles. The molecule has 0 bridgehead atoms. The molecule has 1 aromatic rings. The molecule has 0 aromatic carbocycles. The van der Waals surface area contributed by atoms with E-state index in [1.165, 1.54) is 25.7 Å². The standard InChI is InChI=1S/C13H21N5O/c19-13(10-5-3-1-2-4-6-10)18(11-7-8-11)9-12-14-16-17-15-12/h10-11H,1-9H2,(H,14,15,16,17). The molecule has 104 valence electrons. The zero-order valence-electron chi connectivity index (χ0n) is 11.2. The lowest BCUT2D eigenvalue weighted by Gasteiger charge is -2.25. The first-order valence-electron chi connectivity index (χ1n) is 7.37. The van der Waals surface area contributed by atoms with Gasteiger partial charge in [0.1, 0.15) is 0 Å². The zero-order valence-corrected chi connectivity index (χ0v) is 11.2. The highest BCUT2D eigenvalue weighted by molar-refractivity contribution is 5.79. The minimum atomic E-state index is 0.218. The first-order chi connectivity index (χ1) is 9.34. The number of aromatic amines is 1. The van der Waals surface area contributed by atoms with E-state index in [-0.39, 0.29) is 5.92 Å². The minimum absolute atomic E-state index is 0.218. The van der Waals surface area contributed by atoms with E-state index in [0.717, 1.165) is 25.7 Å². The van der Waals surface area contributed by atoms with Crippen LogP contribution >= 0.6 is 0 Å². The summed E-state index contributed by atoms with van der Waals surface area (Å²) in [5.41, 5.74) is 0. The van der Waals surface area contributed by atoms with E-state index < -0.39 is 0 Å². The molecule has 1 heterocycles. The molecule has 0 radical (unpaired) electrons. The van der Waals surface area contributed by atoms with Gasteiger partial charge in [-0.1, -0.05) is 30.9 Å². The second kappa shape index (κ2) is 5.67. The first kappa shape index (κ1) is 12.6. The van der Waals surface area contributed by atoms with Crippen LogP contribution in [0.1, 0.15) is 57.2 Å². The number of nitrogens with zero attached hydrogens (tertiary/aromatic N) is 4. The lowest BCUT2D eigenvalue weighted by molar-refractivity contribution is -0.137. The third-order valence-corrected chi connectivity index (χ3v) is 4.18. The number of amides is 1. The summed E-state index contributed by atoms with van der Waals surface area (Å²) in [4.78, 5) is 14.7. The molecular formula is C13H21N5O. The molecule has 6 nitrogen and oxygen atoms in total. The van der Waals surface area contributed by atoms with Gasteiger partial charge in [0.05, 0.1) is 6.54 Å². The van der Waals surface area contributed by atoms with Crippen LogP contribution in [-0.4, -0.2) is 37.5 Å². The number of H-pyrrole nitrogens is 1. The van der Waals surface area contributed by atoms with Gasteiger partial charge in [-0.25, -0.2) is 0 Å². The SMILES string of the molecule is O=C(C1CCCCCC1)N(Cc1nn[nH]n1)C1CC1. The van der Waals surface area contributed by atoms with Crippen LogP contribution in [0.15, 0.2) is 0 Å². The number of hydrogen-bond acceptors (Lipinski definition) is 4. The van der Waals surface area contributed by atoms with E-state index in [1.807, 2.05) is 4.90 Å². The number of nitrogens with one attached hydrogen (secondary N) is 1. The molecular weight excluding hydrogens is 242 g/mol. The average molecular weight is 263 g/mol. The second-order valence-electron chi connectivity index (χ2n) is 5.71. The van der Waals surface area contributed by atoms with Gasteiger partial charge in [-0.3, -0.25) is 4.79 Å². The number of hydrogen-bond donors (Lipinski definition) is 1. The van der Waals surface area contributed by atoms with Crippen molar-refractivity contribution in [2.75, 3.05) is 0 Å². The summed E-state index contributed by atoms with van der Waals surface area (Å²) in [5.74, 6) is 1.15. The van der Waals surface area contributed by atoms with Crippen LogP contribution in [0, 0.1) is 5.92 Å². The predicted molar refractivity (Wildman–Crippen MR) is 68.9 cm³/mol. The maximum Gasteiger partial charge on any atom is 0.226 e. The Kier molecular flexibility index (Phi) is 3.75. The van der Waals surface area contributed by atoms with Gasteiger partial charge in [0.15, 0.2) is 5.82 Å².